The molecule has 0 unspecified atom stereocenters. The number of amides is 1. The van der Waals surface area contributed by atoms with Gasteiger partial charge in [0.2, 0.25) is 5.95 Å². The highest BCUT2D eigenvalue weighted by molar-refractivity contribution is 5.92. The Bertz CT molecular complexity index is 1310. The minimum atomic E-state index is -0.657. The molecule has 0 bridgehead atoms. The van der Waals surface area contributed by atoms with Crippen molar-refractivity contribution < 1.29 is 9.18 Å². The second-order valence-corrected chi connectivity index (χ2v) is 7.92. The number of hydrogen-bond donors (Lipinski definition) is 2. The van der Waals surface area contributed by atoms with Gasteiger partial charge in [-0.05, 0) is 36.2 Å². The molecule has 3 aromatic rings. The molecule has 4 rings (SSSR count). The number of rotatable bonds is 4. The predicted molar refractivity (Wildman–Crippen MR) is 120 cm³/mol. The molecule has 2 aromatic heterocycles. The molecule has 2 N–H and O–H groups in total. The monoisotopic (exact) mass is 440 g/mol. The van der Waals surface area contributed by atoms with E-state index in [0.29, 0.717) is 49.3 Å². The lowest BCUT2D eigenvalue weighted by atomic mass is 10.0. The number of aryl methyl sites for hydroxylation is 1. The Morgan fingerprint density at radius 1 is 1.16 bits per heavy atom. The van der Waals surface area contributed by atoms with Crippen molar-refractivity contribution in [3.8, 4) is 0 Å². The average molecular weight is 440 g/mol. The number of nitrogens with one attached hydrogen (secondary N) is 2. The Morgan fingerprint density at radius 2 is 1.88 bits per heavy atom. The van der Waals surface area contributed by atoms with E-state index in [4.69, 9.17) is 0 Å². The molecule has 1 aliphatic heterocycles. The molecule has 1 aliphatic rings. The largest absolute Gasteiger partial charge is 0.365 e. The van der Waals surface area contributed by atoms with E-state index in [9.17, 15) is 18.8 Å². The zero-order valence-electron chi connectivity index (χ0n) is 18.2. The molecule has 168 valence electrons. The highest BCUT2D eigenvalue weighted by Gasteiger charge is 2.22. The van der Waals surface area contributed by atoms with Crippen LogP contribution in [-0.4, -0.2) is 58.6 Å². The normalized spacial score (nSPS) is 14.7. The molecule has 32 heavy (non-hydrogen) atoms. The lowest BCUT2D eigenvalue weighted by Crippen LogP contribution is -2.46. The van der Waals surface area contributed by atoms with E-state index in [-0.39, 0.29) is 11.3 Å². The fraction of sp³-hybridized carbons (Fsp3) is 0.364. The first kappa shape index (κ1) is 21.7. The van der Waals surface area contributed by atoms with Gasteiger partial charge in [-0.2, -0.15) is 4.39 Å². The summed E-state index contributed by atoms with van der Waals surface area (Å²) < 4.78 is 15.5. The average Bonchev–Trinajstić information content (AvgIpc) is 2.80. The van der Waals surface area contributed by atoms with Gasteiger partial charge in [-0.25, -0.2) is 9.78 Å². The number of aromatic amines is 1. The molecule has 0 spiro atoms. The van der Waals surface area contributed by atoms with Crippen molar-refractivity contribution in [2.24, 2.45) is 7.05 Å². The summed E-state index contributed by atoms with van der Waals surface area (Å²) in [5.74, 6) is -1.08. The van der Waals surface area contributed by atoms with Crippen LogP contribution in [0.1, 0.15) is 21.6 Å². The van der Waals surface area contributed by atoms with E-state index in [2.05, 4.69) is 20.2 Å². The van der Waals surface area contributed by atoms with E-state index in [1.54, 1.807) is 12.1 Å². The van der Waals surface area contributed by atoms with Crippen molar-refractivity contribution in [2.45, 2.75) is 13.5 Å². The fourth-order valence-corrected chi connectivity index (χ4v) is 4.03. The first-order valence-electron chi connectivity index (χ1n) is 10.4. The van der Waals surface area contributed by atoms with Crippen molar-refractivity contribution in [1.29, 1.82) is 0 Å². The summed E-state index contributed by atoms with van der Waals surface area (Å²) in [5, 5.41) is 2.92. The van der Waals surface area contributed by atoms with Crippen LogP contribution in [0.15, 0.2) is 33.9 Å². The molecular formula is C22H25FN6O3. The van der Waals surface area contributed by atoms with Crippen LogP contribution in [0.4, 0.5) is 10.1 Å². The van der Waals surface area contributed by atoms with Crippen LogP contribution in [0.25, 0.3) is 10.9 Å². The summed E-state index contributed by atoms with van der Waals surface area (Å²) >= 11 is 0. The van der Waals surface area contributed by atoms with Crippen LogP contribution in [0.3, 0.4) is 0 Å². The number of piperazine rings is 1. The number of aromatic nitrogens is 3. The van der Waals surface area contributed by atoms with E-state index in [1.807, 2.05) is 17.9 Å². The molecule has 9 nitrogen and oxygen atoms in total. The van der Waals surface area contributed by atoms with Crippen LogP contribution < -0.4 is 21.5 Å². The number of fused-ring (bicyclic) bond motifs is 1. The van der Waals surface area contributed by atoms with Crippen LogP contribution >= 0.6 is 0 Å². The SMILES string of the molecule is CNC(=O)c1ccc(N2CCN(Cc3ccc4c(=O)n(C)c(=O)[nH]c4c3C)CC2)c(F)n1. The zero-order chi connectivity index (χ0) is 23.0. The Kier molecular flexibility index (Phi) is 5.79. The van der Waals surface area contributed by atoms with Crippen molar-refractivity contribution in [3.05, 3.63) is 67.9 Å². The van der Waals surface area contributed by atoms with Gasteiger partial charge in [-0.15, -0.1) is 0 Å². The Hall–Kier alpha value is -3.53. The topological polar surface area (TPSA) is 103 Å². The third-order valence-electron chi connectivity index (χ3n) is 6.04. The van der Waals surface area contributed by atoms with Crippen LogP contribution in [0.2, 0.25) is 0 Å². The molecule has 1 saturated heterocycles. The number of H-pyrrole nitrogens is 1. The molecule has 10 heteroatoms. The highest BCUT2D eigenvalue weighted by atomic mass is 19.1. The summed E-state index contributed by atoms with van der Waals surface area (Å²) in [7, 11) is 2.93. The molecule has 1 amide bonds. The Balaban J connectivity index is 1.48. The standard InChI is InChI=1S/C22H25FN6O3/c1-13-14(4-5-15-18(13)26-22(32)27(3)21(15)31)12-28-8-10-29(11-9-28)17-7-6-16(20(30)24-2)25-19(17)23/h4-7H,8-12H2,1-3H3,(H,24,30)(H,26,32). The minimum absolute atomic E-state index is 0.0482. The van der Waals surface area contributed by atoms with Gasteiger partial charge in [0.05, 0.1) is 16.6 Å². The van der Waals surface area contributed by atoms with Crippen LogP contribution in [-0.2, 0) is 13.6 Å². The number of nitrogens with zero attached hydrogens (tertiary/aromatic N) is 4. The van der Waals surface area contributed by atoms with Gasteiger partial charge in [-0.3, -0.25) is 19.1 Å². The smallest absolute Gasteiger partial charge is 0.328 e. The van der Waals surface area contributed by atoms with E-state index in [1.165, 1.54) is 20.2 Å². The summed E-state index contributed by atoms with van der Waals surface area (Å²) in [6.07, 6.45) is 0. The predicted octanol–water partition coefficient (Wildman–Crippen LogP) is 0.751. The van der Waals surface area contributed by atoms with Gasteiger partial charge in [0.15, 0.2) is 0 Å². The second-order valence-electron chi connectivity index (χ2n) is 7.92. The molecule has 1 fully saturated rings. The summed E-state index contributed by atoms with van der Waals surface area (Å²) in [4.78, 5) is 46.7. The number of pyridine rings is 1. The lowest BCUT2D eigenvalue weighted by Gasteiger charge is -2.36. The fourth-order valence-electron chi connectivity index (χ4n) is 4.03. The number of halogens is 1. The molecule has 0 atom stereocenters. The molecular weight excluding hydrogens is 415 g/mol. The highest BCUT2D eigenvalue weighted by Crippen LogP contribution is 2.22. The van der Waals surface area contributed by atoms with E-state index in [0.717, 1.165) is 15.7 Å². The summed E-state index contributed by atoms with van der Waals surface area (Å²) in [5.41, 5.74) is 2.15. The maximum Gasteiger partial charge on any atom is 0.328 e. The van der Waals surface area contributed by atoms with Gasteiger partial charge < -0.3 is 15.2 Å². The van der Waals surface area contributed by atoms with Gasteiger partial charge in [0, 0.05) is 46.8 Å². The quantitative estimate of drug-likeness (QED) is 0.581. The van der Waals surface area contributed by atoms with Crippen molar-refractivity contribution in [2.75, 3.05) is 38.1 Å². The number of carbonyl (C=O) groups is 1. The number of benzene rings is 1. The minimum Gasteiger partial charge on any atom is -0.365 e. The Labute approximate surface area is 183 Å². The second kappa shape index (κ2) is 8.54. The van der Waals surface area contributed by atoms with Gasteiger partial charge >= 0.3 is 5.69 Å². The molecule has 0 saturated carbocycles. The van der Waals surface area contributed by atoms with Gasteiger partial charge in [-0.1, -0.05) is 6.07 Å². The Morgan fingerprint density at radius 3 is 2.53 bits per heavy atom. The number of carbonyl (C=O) groups excluding carboxylic acids is 1. The summed E-state index contributed by atoms with van der Waals surface area (Å²) in [6, 6.07) is 6.78. The molecule has 1 aromatic carbocycles. The zero-order valence-corrected chi connectivity index (χ0v) is 18.2. The third-order valence-corrected chi connectivity index (χ3v) is 6.04. The van der Waals surface area contributed by atoms with E-state index >= 15 is 0 Å². The number of anilines is 1. The van der Waals surface area contributed by atoms with E-state index < -0.39 is 17.5 Å². The van der Waals surface area contributed by atoms with Crippen molar-refractivity contribution >= 4 is 22.5 Å². The van der Waals surface area contributed by atoms with Crippen LogP contribution in [0, 0.1) is 12.9 Å². The first-order chi connectivity index (χ1) is 15.3. The molecule has 0 radical (unpaired) electrons. The van der Waals surface area contributed by atoms with Crippen molar-refractivity contribution in [1.82, 2.24) is 24.8 Å². The maximum atomic E-state index is 14.5. The van der Waals surface area contributed by atoms with Gasteiger partial charge in [0.1, 0.15) is 5.69 Å². The first-order valence-corrected chi connectivity index (χ1v) is 10.4. The van der Waals surface area contributed by atoms with Crippen molar-refractivity contribution in [3.63, 3.8) is 0 Å². The number of hydrogen-bond acceptors (Lipinski definition) is 6. The van der Waals surface area contributed by atoms with Gasteiger partial charge in [0.25, 0.3) is 11.5 Å². The van der Waals surface area contributed by atoms with Crippen LogP contribution in [0.5, 0.6) is 0 Å². The maximum absolute atomic E-state index is 14.5. The lowest BCUT2D eigenvalue weighted by molar-refractivity contribution is 0.0957. The third kappa shape index (κ3) is 3.89. The molecule has 0 aliphatic carbocycles. The summed E-state index contributed by atoms with van der Waals surface area (Å²) in [6.45, 7) is 5.20. The molecule has 3 heterocycles.